The zero-order valence-electron chi connectivity index (χ0n) is 19.6. The molecular weight excluding hydrogens is 484 g/mol. The van der Waals surface area contributed by atoms with Gasteiger partial charge < -0.3 is 19.3 Å². The summed E-state index contributed by atoms with van der Waals surface area (Å²) in [6, 6.07) is 17.2. The van der Waals surface area contributed by atoms with E-state index in [2.05, 4.69) is 17.9 Å². The van der Waals surface area contributed by atoms with E-state index >= 15 is 0 Å². The quantitative estimate of drug-likeness (QED) is 0.219. The highest BCUT2D eigenvalue weighted by atomic mass is 19.3. The number of rotatable bonds is 13. The number of hydrogen-bond acceptors (Lipinski definition) is 5. The Morgan fingerprint density at radius 3 is 1.58 bits per heavy atom. The molecule has 2 aromatic rings. The molecule has 0 heterocycles. The van der Waals surface area contributed by atoms with Gasteiger partial charge in [0.25, 0.3) is 0 Å². The molecule has 1 N–H and O–H groups in total. The highest BCUT2D eigenvalue weighted by Gasteiger charge is 2.44. The van der Waals surface area contributed by atoms with E-state index in [1.165, 1.54) is 6.92 Å². The van der Waals surface area contributed by atoms with Gasteiger partial charge in [-0.1, -0.05) is 73.8 Å². The number of carboxylic acid groups (broad SMARTS) is 1. The standard InChI is InChI=1S/C14H16F2O3.C12H12F2O3/c1-3-14(15,16)12(13(17)18-4-2)19-10-11-8-6-5-7-9-11;1-2-12(13,14)10(11(15)16)17-8-9-6-4-3-5-7-9/h3,5-9,12H,1,4,10H2,2H3;2-7,10H,1,8H2,(H,15,16). The van der Waals surface area contributed by atoms with Crippen LogP contribution in [0.4, 0.5) is 17.6 Å². The molecule has 0 saturated heterocycles. The van der Waals surface area contributed by atoms with Crippen molar-refractivity contribution in [1.29, 1.82) is 0 Å². The van der Waals surface area contributed by atoms with Crippen LogP contribution < -0.4 is 0 Å². The van der Waals surface area contributed by atoms with Crippen molar-refractivity contribution in [1.82, 2.24) is 0 Å². The van der Waals surface area contributed by atoms with Crippen molar-refractivity contribution < 1.29 is 46.5 Å². The van der Waals surface area contributed by atoms with Crippen molar-refractivity contribution in [2.75, 3.05) is 6.61 Å². The Hall–Kier alpha value is -3.50. The van der Waals surface area contributed by atoms with Crippen LogP contribution in [0.5, 0.6) is 0 Å². The lowest BCUT2D eigenvalue weighted by atomic mass is 10.2. The number of aliphatic carboxylic acids is 1. The van der Waals surface area contributed by atoms with Gasteiger partial charge in [0, 0.05) is 0 Å². The Balaban J connectivity index is 0.000000362. The number of benzene rings is 2. The van der Waals surface area contributed by atoms with E-state index in [9.17, 15) is 27.2 Å². The van der Waals surface area contributed by atoms with Crippen molar-refractivity contribution in [3.05, 3.63) is 97.1 Å². The van der Waals surface area contributed by atoms with Crippen LogP contribution in [0.25, 0.3) is 0 Å². The summed E-state index contributed by atoms with van der Waals surface area (Å²) in [6.45, 7) is 7.16. The van der Waals surface area contributed by atoms with Crippen LogP contribution in [-0.4, -0.2) is 47.7 Å². The third kappa shape index (κ3) is 10.0. The number of esters is 1. The van der Waals surface area contributed by atoms with E-state index in [1.807, 2.05) is 0 Å². The number of alkyl halides is 4. The van der Waals surface area contributed by atoms with Crippen molar-refractivity contribution in [3.63, 3.8) is 0 Å². The molecule has 6 nitrogen and oxygen atoms in total. The van der Waals surface area contributed by atoms with Gasteiger partial charge in [-0.3, -0.25) is 0 Å². The summed E-state index contributed by atoms with van der Waals surface area (Å²) < 4.78 is 67.7. The van der Waals surface area contributed by atoms with E-state index in [0.717, 1.165) is 0 Å². The summed E-state index contributed by atoms with van der Waals surface area (Å²) in [4.78, 5) is 22.2. The van der Waals surface area contributed by atoms with Crippen LogP contribution in [0.3, 0.4) is 0 Å². The summed E-state index contributed by atoms with van der Waals surface area (Å²) in [5, 5.41) is 8.67. The molecule has 2 aromatic carbocycles. The van der Waals surface area contributed by atoms with Crippen molar-refractivity contribution >= 4 is 11.9 Å². The summed E-state index contributed by atoms with van der Waals surface area (Å²) in [6.07, 6.45) is -3.54. The van der Waals surface area contributed by atoms with Crippen molar-refractivity contribution in [2.24, 2.45) is 0 Å². The maximum absolute atomic E-state index is 13.5. The molecule has 2 rings (SSSR count). The van der Waals surface area contributed by atoms with E-state index in [4.69, 9.17) is 14.6 Å². The first-order valence-corrected chi connectivity index (χ1v) is 10.7. The van der Waals surface area contributed by atoms with Crippen LogP contribution in [0.2, 0.25) is 0 Å². The molecular formula is C26H28F4O6. The van der Waals surface area contributed by atoms with E-state index in [1.54, 1.807) is 60.7 Å². The number of carbonyl (C=O) groups excluding carboxylic acids is 1. The number of hydrogen-bond donors (Lipinski definition) is 1. The number of ether oxygens (including phenoxy) is 3. The normalized spacial score (nSPS) is 12.9. The molecule has 0 fully saturated rings. The first-order chi connectivity index (χ1) is 17.0. The summed E-state index contributed by atoms with van der Waals surface area (Å²) in [7, 11) is 0. The second-order valence-corrected chi connectivity index (χ2v) is 7.20. The predicted molar refractivity (Wildman–Crippen MR) is 125 cm³/mol. The van der Waals surface area contributed by atoms with Crippen LogP contribution >= 0.6 is 0 Å². The molecule has 0 radical (unpaired) electrons. The van der Waals surface area contributed by atoms with E-state index in [-0.39, 0.29) is 25.9 Å². The van der Waals surface area contributed by atoms with E-state index < -0.39 is 36.0 Å². The Morgan fingerprint density at radius 1 is 0.833 bits per heavy atom. The third-order valence-corrected chi connectivity index (χ3v) is 4.49. The second-order valence-electron chi connectivity index (χ2n) is 7.20. The molecule has 2 unspecified atom stereocenters. The summed E-state index contributed by atoms with van der Waals surface area (Å²) in [5.74, 6) is -9.88. The molecule has 0 amide bonds. The minimum absolute atomic E-state index is 0.0112. The lowest BCUT2D eigenvalue weighted by Gasteiger charge is -2.22. The van der Waals surface area contributed by atoms with Gasteiger partial charge in [-0.25, -0.2) is 9.59 Å². The second kappa shape index (κ2) is 14.8. The van der Waals surface area contributed by atoms with Crippen LogP contribution in [0.1, 0.15) is 18.1 Å². The van der Waals surface area contributed by atoms with Crippen molar-refractivity contribution in [3.8, 4) is 0 Å². The van der Waals surface area contributed by atoms with Gasteiger partial charge in [-0.15, -0.1) is 0 Å². The molecule has 0 aliphatic heterocycles. The smallest absolute Gasteiger partial charge is 0.342 e. The molecule has 0 aromatic heterocycles. The average Bonchev–Trinajstić information content (AvgIpc) is 2.85. The molecule has 0 aliphatic rings. The molecule has 10 heteroatoms. The fourth-order valence-electron chi connectivity index (χ4n) is 2.62. The van der Waals surface area contributed by atoms with Crippen LogP contribution in [-0.2, 0) is 37.0 Å². The lowest BCUT2D eigenvalue weighted by Crippen LogP contribution is -2.41. The topological polar surface area (TPSA) is 82.1 Å². The van der Waals surface area contributed by atoms with Gasteiger partial charge in [0.05, 0.1) is 19.8 Å². The number of carboxylic acids is 1. The molecule has 2 atom stereocenters. The zero-order valence-corrected chi connectivity index (χ0v) is 19.6. The van der Waals surface area contributed by atoms with Crippen LogP contribution in [0, 0.1) is 0 Å². The van der Waals surface area contributed by atoms with E-state index in [0.29, 0.717) is 17.2 Å². The molecule has 0 saturated carbocycles. The maximum atomic E-state index is 13.5. The van der Waals surface area contributed by atoms with Crippen molar-refractivity contribution in [2.45, 2.75) is 44.2 Å². The molecule has 0 spiro atoms. The number of halogens is 4. The Kier molecular flexibility index (Phi) is 12.5. The average molecular weight is 512 g/mol. The van der Waals surface area contributed by atoms with Gasteiger partial charge in [0.15, 0.2) is 0 Å². The Bertz CT molecular complexity index is 967. The summed E-state index contributed by atoms with van der Waals surface area (Å²) >= 11 is 0. The molecule has 0 bridgehead atoms. The van der Waals surface area contributed by atoms with Gasteiger partial charge >= 0.3 is 23.8 Å². The first-order valence-electron chi connectivity index (χ1n) is 10.7. The largest absolute Gasteiger partial charge is 0.479 e. The lowest BCUT2D eigenvalue weighted by molar-refractivity contribution is -0.179. The van der Waals surface area contributed by atoms with Gasteiger partial charge in [0.1, 0.15) is 0 Å². The molecule has 0 aliphatic carbocycles. The molecule has 196 valence electrons. The Labute approximate surface area is 206 Å². The highest BCUT2D eigenvalue weighted by molar-refractivity contribution is 5.76. The fraction of sp³-hybridized carbons (Fsp3) is 0.308. The predicted octanol–water partition coefficient (Wildman–Crippen LogP) is 5.43. The van der Waals surface area contributed by atoms with Gasteiger partial charge in [-0.05, 0) is 30.2 Å². The zero-order chi connectivity index (χ0) is 27.2. The summed E-state index contributed by atoms with van der Waals surface area (Å²) in [5.41, 5.74) is 1.32. The third-order valence-electron chi connectivity index (χ3n) is 4.49. The molecule has 36 heavy (non-hydrogen) atoms. The van der Waals surface area contributed by atoms with Gasteiger partial charge in [0.2, 0.25) is 12.2 Å². The SMILES string of the molecule is C=CC(F)(F)C(OCc1ccccc1)C(=O)O.C=CC(F)(F)C(OCc1ccccc1)C(=O)OCC. The first kappa shape index (κ1) is 30.5. The monoisotopic (exact) mass is 512 g/mol. The number of carbonyl (C=O) groups is 2. The maximum Gasteiger partial charge on any atom is 0.342 e. The van der Waals surface area contributed by atoms with Crippen LogP contribution in [0.15, 0.2) is 86.0 Å². The minimum Gasteiger partial charge on any atom is -0.479 e. The fourth-order valence-corrected chi connectivity index (χ4v) is 2.62. The Morgan fingerprint density at radius 2 is 1.22 bits per heavy atom. The van der Waals surface area contributed by atoms with Gasteiger partial charge in [-0.2, -0.15) is 17.6 Å². The highest BCUT2D eigenvalue weighted by Crippen LogP contribution is 2.25. The minimum atomic E-state index is -3.60.